The molecule has 12 nitrogen and oxygen atoms in total. The Hall–Kier alpha value is -5.38. The first-order valence-electron chi connectivity index (χ1n) is 19.1. The lowest BCUT2D eigenvalue weighted by molar-refractivity contribution is -0.308. The third-order valence-corrected chi connectivity index (χ3v) is 10.5. The van der Waals surface area contributed by atoms with Crippen molar-refractivity contribution in [1.82, 2.24) is 29.6 Å². The van der Waals surface area contributed by atoms with Crippen molar-refractivity contribution in [3.63, 3.8) is 0 Å². The maximum absolute atomic E-state index is 13.1. The number of carbonyl (C=O) groups excluding carboxylic acids is 3. The average Bonchev–Trinajstić information content (AvgIpc) is 3.26. The smallest absolute Gasteiger partial charge is 0.436 e. The van der Waals surface area contributed by atoms with Crippen molar-refractivity contribution >= 4 is 41.4 Å². The Morgan fingerprint density at radius 2 is 0.922 bits per heavy atom. The first-order valence-corrected chi connectivity index (χ1v) is 19.9. The zero-order chi connectivity index (χ0) is 46.8. The quantitative estimate of drug-likeness (QED) is 0.0916. The molecule has 6 rings (SSSR count). The summed E-state index contributed by atoms with van der Waals surface area (Å²) in [4.78, 5) is 49.9. The summed E-state index contributed by atoms with van der Waals surface area (Å²) < 4.78 is 127. The molecule has 2 aliphatic heterocycles. The number of methoxy groups -OCH3 is 1. The van der Waals surface area contributed by atoms with Crippen molar-refractivity contribution in [3.8, 4) is 0 Å². The standard InChI is InChI=1S/C22H21Cl2F3N2O4.C19H18F6N4O2/c1-32-20(30)19(22(25,26)27)33-21(31)29-12-10-28(11-13-29)18(14-2-6-16(23)7-3-14)15-4-8-17(24)9-5-15;20-18(21,22)16(19(23,24)25)31-17(30)29-9-7-28(8-10-29)15(13-3-1-5-26-11-13)14-4-2-6-27-12-14/h2-9,18-19H,10-13H2,1H3;1-6,11-12,15-16H,7-10H2. The van der Waals surface area contributed by atoms with Crippen LogP contribution in [0.25, 0.3) is 0 Å². The van der Waals surface area contributed by atoms with Crippen LogP contribution in [0.5, 0.6) is 0 Å². The van der Waals surface area contributed by atoms with Crippen LogP contribution in [0.2, 0.25) is 10.0 Å². The Bertz CT molecular complexity index is 2030. The second-order valence-electron chi connectivity index (χ2n) is 14.2. The monoisotopic (exact) mass is 952 g/mol. The minimum atomic E-state index is -5.75. The fourth-order valence-corrected chi connectivity index (χ4v) is 7.20. The highest BCUT2D eigenvalue weighted by Crippen LogP contribution is 2.37. The number of benzene rings is 2. The lowest BCUT2D eigenvalue weighted by Crippen LogP contribution is -2.53. The molecule has 2 aliphatic rings. The average molecular weight is 954 g/mol. The van der Waals surface area contributed by atoms with Crippen LogP contribution < -0.4 is 0 Å². The van der Waals surface area contributed by atoms with E-state index in [2.05, 4.69) is 29.1 Å². The molecule has 64 heavy (non-hydrogen) atoms. The topological polar surface area (TPSA) is 118 Å². The summed E-state index contributed by atoms with van der Waals surface area (Å²) in [5, 5.41) is 1.18. The minimum absolute atomic E-state index is 0.0989. The molecule has 0 N–H and O–H groups in total. The first-order chi connectivity index (χ1) is 30.2. The highest BCUT2D eigenvalue weighted by Gasteiger charge is 2.60. The van der Waals surface area contributed by atoms with E-state index in [1.165, 1.54) is 0 Å². The predicted octanol–water partition coefficient (Wildman–Crippen LogP) is 8.75. The van der Waals surface area contributed by atoms with Crippen LogP contribution in [0.15, 0.2) is 97.6 Å². The van der Waals surface area contributed by atoms with Crippen LogP contribution in [0.1, 0.15) is 34.3 Å². The van der Waals surface area contributed by atoms with Gasteiger partial charge >= 0.3 is 36.7 Å². The molecule has 0 saturated carbocycles. The van der Waals surface area contributed by atoms with E-state index >= 15 is 0 Å². The number of carbonyl (C=O) groups is 3. The highest BCUT2D eigenvalue weighted by molar-refractivity contribution is 6.30. The van der Waals surface area contributed by atoms with E-state index in [1.54, 1.807) is 61.2 Å². The van der Waals surface area contributed by atoms with Gasteiger partial charge in [0.2, 0.25) is 0 Å². The van der Waals surface area contributed by atoms with E-state index in [1.807, 2.05) is 41.3 Å². The molecule has 0 radical (unpaired) electrons. The van der Waals surface area contributed by atoms with Gasteiger partial charge in [-0.25, -0.2) is 14.4 Å². The number of esters is 1. The number of amides is 2. The van der Waals surface area contributed by atoms with E-state index in [-0.39, 0.29) is 51.4 Å². The van der Waals surface area contributed by atoms with Crippen LogP contribution >= 0.6 is 23.2 Å². The van der Waals surface area contributed by atoms with E-state index in [0.717, 1.165) is 39.2 Å². The molecule has 2 saturated heterocycles. The molecule has 346 valence electrons. The van der Waals surface area contributed by atoms with Crippen LogP contribution in [0, 0.1) is 0 Å². The fraction of sp³-hybridized carbons (Fsp3) is 0.390. The zero-order valence-electron chi connectivity index (χ0n) is 33.5. The second kappa shape index (κ2) is 21.5. The number of hydrogen-bond acceptors (Lipinski definition) is 10. The van der Waals surface area contributed by atoms with Crippen molar-refractivity contribution in [3.05, 3.63) is 130 Å². The number of nitrogens with zero attached hydrogens (tertiary/aromatic N) is 6. The summed E-state index contributed by atoms with van der Waals surface area (Å²) in [7, 11) is 0.793. The SMILES string of the molecule is COC(=O)C(OC(=O)N1CCN(C(c2ccc(Cl)cc2)c2ccc(Cl)cc2)CC1)C(F)(F)F.O=C(OC(C(F)(F)F)C(F)(F)F)N1CCN(C(c2cccnc2)c2cccnc2)CC1. The Morgan fingerprint density at radius 1 is 0.547 bits per heavy atom. The van der Waals surface area contributed by atoms with Gasteiger partial charge in [-0.1, -0.05) is 59.6 Å². The number of hydrogen-bond donors (Lipinski definition) is 0. The third kappa shape index (κ3) is 13.3. The molecular weight excluding hydrogens is 914 g/mol. The summed E-state index contributed by atoms with van der Waals surface area (Å²) in [6.07, 6.45) is -20.0. The van der Waals surface area contributed by atoms with Crippen molar-refractivity contribution in [2.45, 2.75) is 42.8 Å². The van der Waals surface area contributed by atoms with Crippen molar-refractivity contribution in [2.75, 3.05) is 59.5 Å². The van der Waals surface area contributed by atoms with Gasteiger partial charge in [-0.2, -0.15) is 39.5 Å². The first kappa shape index (κ1) is 49.6. The number of alkyl halides is 9. The lowest BCUT2D eigenvalue weighted by atomic mass is 9.96. The largest absolute Gasteiger partial charge is 0.466 e. The van der Waals surface area contributed by atoms with Gasteiger partial charge in [-0.15, -0.1) is 0 Å². The molecule has 2 aromatic carbocycles. The van der Waals surface area contributed by atoms with Gasteiger partial charge in [0.1, 0.15) is 0 Å². The molecule has 0 spiro atoms. The normalized spacial score (nSPS) is 16.0. The number of halogens is 11. The van der Waals surface area contributed by atoms with Crippen LogP contribution in [0.4, 0.5) is 49.1 Å². The Morgan fingerprint density at radius 3 is 1.25 bits per heavy atom. The molecule has 23 heteroatoms. The molecular formula is C41H39Cl2F9N6O6. The number of pyridine rings is 2. The highest BCUT2D eigenvalue weighted by atomic mass is 35.5. The van der Waals surface area contributed by atoms with Gasteiger partial charge in [-0.3, -0.25) is 19.8 Å². The molecule has 4 heterocycles. The second-order valence-corrected chi connectivity index (χ2v) is 15.1. The van der Waals surface area contributed by atoms with Gasteiger partial charge in [0.05, 0.1) is 19.2 Å². The Labute approximate surface area is 370 Å². The summed E-state index contributed by atoms with van der Waals surface area (Å²) >= 11 is 12.1. The molecule has 4 aromatic rings. The van der Waals surface area contributed by atoms with Gasteiger partial charge in [-0.05, 0) is 58.7 Å². The maximum Gasteiger partial charge on any atom is 0.436 e. The molecule has 0 bridgehead atoms. The number of rotatable bonds is 9. The van der Waals surface area contributed by atoms with Gasteiger partial charge < -0.3 is 24.0 Å². The molecule has 2 aromatic heterocycles. The maximum atomic E-state index is 13.1. The van der Waals surface area contributed by atoms with E-state index in [0.29, 0.717) is 23.1 Å². The van der Waals surface area contributed by atoms with Crippen molar-refractivity contribution < 1.29 is 68.1 Å². The van der Waals surface area contributed by atoms with E-state index in [4.69, 9.17) is 23.2 Å². The van der Waals surface area contributed by atoms with Gasteiger partial charge in [0.15, 0.2) is 0 Å². The molecule has 1 unspecified atom stereocenters. The molecule has 2 amide bonds. The zero-order valence-corrected chi connectivity index (χ0v) is 35.0. The Kier molecular flexibility index (Phi) is 16.7. The van der Waals surface area contributed by atoms with Crippen molar-refractivity contribution in [2.24, 2.45) is 0 Å². The summed E-state index contributed by atoms with van der Waals surface area (Å²) in [6, 6.07) is 21.4. The van der Waals surface area contributed by atoms with Gasteiger partial charge in [0, 0.05) is 87.2 Å². The van der Waals surface area contributed by atoms with Crippen LogP contribution in [-0.4, -0.2) is 138 Å². The Balaban J connectivity index is 0.000000241. The molecule has 2 fully saturated rings. The van der Waals surface area contributed by atoms with Crippen LogP contribution in [0.3, 0.4) is 0 Å². The van der Waals surface area contributed by atoms with Crippen LogP contribution in [-0.2, 0) is 19.0 Å². The number of ether oxygens (including phenoxy) is 3. The molecule has 0 aliphatic carbocycles. The number of aromatic nitrogens is 2. The third-order valence-electron chi connectivity index (χ3n) is 9.99. The summed E-state index contributed by atoms with van der Waals surface area (Å²) in [6.45, 7) is 1.15. The summed E-state index contributed by atoms with van der Waals surface area (Å²) in [5.41, 5.74) is 3.59. The van der Waals surface area contributed by atoms with Crippen molar-refractivity contribution in [1.29, 1.82) is 0 Å². The van der Waals surface area contributed by atoms with Gasteiger partial charge in [0.25, 0.3) is 12.2 Å². The lowest BCUT2D eigenvalue weighted by Gasteiger charge is -2.39. The van der Waals surface area contributed by atoms with E-state index in [9.17, 15) is 53.9 Å². The predicted molar refractivity (Wildman–Crippen MR) is 212 cm³/mol. The summed E-state index contributed by atoms with van der Waals surface area (Å²) in [5.74, 6) is -1.68. The minimum Gasteiger partial charge on any atom is -0.466 e. The van der Waals surface area contributed by atoms with E-state index < -0.39 is 48.9 Å². The number of piperazine rings is 2. The molecule has 1 atom stereocenters. The fourth-order valence-electron chi connectivity index (χ4n) is 6.94.